The number of Topliss-reactive ketones (excluding diaryl/α,β-unsaturated/α-hetero) is 2. The lowest BCUT2D eigenvalue weighted by Gasteiger charge is -2.15. The molecular weight excluding hydrogens is 289 g/mol. The fourth-order valence-corrected chi connectivity index (χ4v) is 1.60. The van der Waals surface area contributed by atoms with E-state index in [1.807, 2.05) is 0 Å². The van der Waals surface area contributed by atoms with Crippen LogP contribution in [0.3, 0.4) is 0 Å². The van der Waals surface area contributed by atoms with Crippen LogP contribution in [0.25, 0.3) is 0 Å². The Labute approximate surface area is 119 Å². The molecule has 21 heavy (non-hydrogen) atoms. The van der Waals surface area contributed by atoms with Crippen molar-refractivity contribution in [2.24, 2.45) is 0 Å². The third-order valence-electron chi connectivity index (χ3n) is 2.54. The summed E-state index contributed by atoms with van der Waals surface area (Å²) in [5, 5.41) is 0. The molecule has 0 spiro atoms. The Hall–Kier alpha value is -1.73. The second-order valence-corrected chi connectivity index (χ2v) is 4.06. The van der Waals surface area contributed by atoms with Gasteiger partial charge in [0, 0.05) is 18.8 Å². The van der Waals surface area contributed by atoms with Gasteiger partial charge >= 0.3 is 0 Å². The Kier molecular flexibility index (Phi) is 6.51. The van der Waals surface area contributed by atoms with E-state index in [9.17, 15) is 22.8 Å². The average molecular weight is 304 g/mol. The van der Waals surface area contributed by atoms with E-state index in [4.69, 9.17) is 9.47 Å². The van der Waals surface area contributed by atoms with Gasteiger partial charge in [-0.2, -0.15) is 0 Å². The number of hydrogen-bond acceptors (Lipinski definition) is 4. The zero-order valence-electron chi connectivity index (χ0n) is 11.6. The molecule has 0 saturated heterocycles. The molecule has 7 heteroatoms. The molecule has 1 aromatic rings. The molecule has 0 aliphatic heterocycles. The first-order chi connectivity index (χ1) is 9.90. The molecule has 0 bridgehead atoms. The number of ether oxygens (including phenoxy) is 2. The predicted molar refractivity (Wildman–Crippen MR) is 67.3 cm³/mol. The molecule has 0 fully saturated rings. The predicted octanol–water partition coefficient (Wildman–Crippen LogP) is 2.64. The van der Waals surface area contributed by atoms with Gasteiger partial charge in [0.2, 0.25) is 6.29 Å². The van der Waals surface area contributed by atoms with Crippen LogP contribution >= 0.6 is 0 Å². The minimum Gasteiger partial charge on any atom is -0.346 e. The summed E-state index contributed by atoms with van der Waals surface area (Å²) in [4.78, 5) is 23.6. The molecule has 0 aliphatic carbocycles. The Morgan fingerprint density at radius 3 is 1.95 bits per heavy atom. The first kappa shape index (κ1) is 17.3. The second kappa shape index (κ2) is 7.90. The zero-order valence-corrected chi connectivity index (χ0v) is 11.6. The fourth-order valence-electron chi connectivity index (χ4n) is 1.60. The smallest absolute Gasteiger partial charge is 0.218 e. The van der Waals surface area contributed by atoms with Gasteiger partial charge < -0.3 is 9.47 Å². The number of benzene rings is 1. The molecule has 1 rings (SSSR count). The molecule has 0 unspecified atom stereocenters. The molecule has 116 valence electrons. The van der Waals surface area contributed by atoms with Crippen LogP contribution in [0.2, 0.25) is 0 Å². The summed E-state index contributed by atoms with van der Waals surface area (Å²) in [5.74, 6) is -6.16. The maximum atomic E-state index is 13.0. The van der Waals surface area contributed by atoms with Crippen LogP contribution in [0, 0.1) is 17.5 Å². The molecule has 0 atom stereocenters. The van der Waals surface area contributed by atoms with E-state index in [0.29, 0.717) is 12.1 Å². The quantitative estimate of drug-likeness (QED) is 0.321. The van der Waals surface area contributed by atoms with Crippen LogP contribution in [0.5, 0.6) is 0 Å². The van der Waals surface area contributed by atoms with Crippen molar-refractivity contribution in [1.82, 2.24) is 0 Å². The Morgan fingerprint density at radius 1 is 1.05 bits per heavy atom. The summed E-state index contributed by atoms with van der Waals surface area (Å²) < 4.78 is 48.9. The normalized spacial score (nSPS) is 11.0. The van der Waals surface area contributed by atoms with Crippen LogP contribution in [-0.4, -0.2) is 31.1 Å². The largest absolute Gasteiger partial charge is 0.346 e. The molecule has 0 heterocycles. The van der Waals surface area contributed by atoms with E-state index >= 15 is 0 Å². The summed E-state index contributed by atoms with van der Waals surface area (Å²) in [7, 11) is 0. The Balaban J connectivity index is 2.82. The summed E-state index contributed by atoms with van der Waals surface area (Å²) in [5.41, 5.74) is -0.425. The molecule has 0 radical (unpaired) electrons. The molecule has 4 nitrogen and oxygen atoms in total. The number of hydrogen-bond donors (Lipinski definition) is 0. The maximum absolute atomic E-state index is 13.0. The average Bonchev–Trinajstić information content (AvgIpc) is 2.43. The number of halogens is 3. The van der Waals surface area contributed by atoms with Crippen molar-refractivity contribution in [3.63, 3.8) is 0 Å². The number of rotatable bonds is 8. The van der Waals surface area contributed by atoms with Crippen molar-refractivity contribution >= 4 is 11.6 Å². The third-order valence-corrected chi connectivity index (χ3v) is 2.54. The number of carbonyl (C=O) groups is 2. The van der Waals surface area contributed by atoms with E-state index in [0.717, 1.165) is 0 Å². The molecule has 0 amide bonds. The summed E-state index contributed by atoms with van der Waals surface area (Å²) in [6.07, 6.45) is -1.87. The highest BCUT2D eigenvalue weighted by molar-refractivity contribution is 6.08. The van der Waals surface area contributed by atoms with Gasteiger partial charge in [0.15, 0.2) is 29.0 Å². The minimum atomic E-state index is -1.67. The van der Waals surface area contributed by atoms with Crippen molar-refractivity contribution in [2.75, 3.05) is 13.2 Å². The van der Waals surface area contributed by atoms with Gasteiger partial charge in [-0.1, -0.05) is 0 Å². The van der Waals surface area contributed by atoms with Crippen molar-refractivity contribution in [3.8, 4) is 0 Å². The van der Waals surface area contributed by atoms with Crippen LogP contribution in [0.15, 0.2) is 12.1 Å². The lowest BCUT2D eigenvalue weighted by atomic mass is 10.1. The molecule has 0 aromatic heterocycles. The summed E-state index contributed by atoms with van der Waals surface area (Å²) in [6.45, 7) is 3.69. The van der Waals surface area contributed by atoms with Crippen molar-refractivity contribution in [3.05, 3.63) is 35.1 Å². The van der Waals surface area contributed by atoms with E-state index in [-0.39, 0.29) is 13.2 Å². The monoisotopic (exact) mass is 304 g/mol. The SMILES string of the molecule is CCOC(OCC)C(=O)CC(=O)c1cc(F)c(F)c(F)c1. The highest BCUT2D eigenvalue weighted by atomic mass is 19.2. The van der Waals surface area contributed by atoms with E-state index < -0.39 is 47.3 Å². The summed E-state index contributed by atoms with van der Waals surface area (Å²) in [6, 6.07) is 1.09. The van der Waals surface area contributed by atoms with Crippen molar-refractivity contribution in [1.29, 1.82) is 0 Å². The zero-order chi connectivity index (χ0) is 16.0. The lowest BCUT2D eigenvalue weighted by Crippen LogP contribution is -2.29. The van der Waals surface area contributed by atoms with Crippen LogP contribution in [-0.2, 0) is 14.3 Å². The fraction of sp³-hybridized carbons (Fsp3) is 0.429. The van der Waals surface area contributed by atoms with Crippen LogP contribution in [0.4, 0.5) is 13.2 Å². The first-order valence-corrected chi connectivity index (χ1v) is 6.34. The molecular formula is C14H15F3O4. The van der Waals surface area contributed by atoms with Gasteiger partial charge in [-0.15, -0.1) is 0 Å². The van der Waals surface area contributed by atoms with Gasteiger partial charge in [-0.05, 0) is 26.0 Å². The van der Waals surface area contributed by atoms with Crippen molar-refractivity contribution < 1.29 is 32.2 Å². The second-order valence-electron chi connectivity index (χ2n) is 4.06. The summed E-state index contributed by atoms with van der Waals surface area (Å²) >= 11 is 0. The van der Waals surface area contributed by atoms with Crippen LogP contribution in [0.1, 0.15) is 30.6 Å². The standard InChI is InChI=1S/C14H15F3O4/c1-3-20-14(21-4-2)12(19)7-11(18)8-5-9(15)13(17)10(16)6-8/h5-6,14H,3-4,7H2,1-2H3. The number of carbonyl (C=O) groups excluding carboxylic acids is 2. The molecule has 0 aliphatic rings. The highest BCUT2D eigenvalue weighted by Crippen LogP contribution is 2.15. The third kappa shape index (κ3) is 4.64. The molecule has 0 N–H and O–H groups in total. The van der Waals surface area contributed by atoms with Crippen molar-refractivity contribution in [2.45, 2.75) is 26.6 Å². The van der Waals surface area contributed by atoms with Gasteiger partial charge in [0.1, 0.15) is 0 Å². The van der Waals surface area contributed by atoms with E-state index in [1.54, 1.807) is 13.8 Å². The Bertz CT molecular complexity index is 502. The van der Waals surface area contributed by atoms with E-state index in [1.165, 1.54) is 0 Å². The van der Waals surface area contributed by atoms with E-state index in [2.05, 4.69) is 0 Å². The van der Waals surface area contributed by atoms with Gasteiger partial charge in [-0.25, -0.2) is 13.2 Å². The molecule has 1 aromatic carbocycles. The highest BCUT2D eigenvalue weighted by Gasteiger charge is 2.23. The minimum absolute atomic E-state index is 0.199. The maximum Gasteiger partial charge on any atom is 0.218 e. The van der Waals surface area contributed by atoms with Crippen LogP contribution < -0.4 is 0 Å². The molecule has 0 saturated carbocycles. The van der Waals surface area contributed by atoms with Gasteiger partial charge in [0.05, 0.1) is 6.42 Å². The first-order valence-electron chi connectivity index (χ1n) is 6.34. The van der Waals surface area contributed by atoms with Gasteiger partial charge in [-0.3, -0.25) is 9.59 Å². The lowest BCUT2D eigenvalue weighted by molar-refractivity contribution is -0.166. The number of ketones is 2. The Morgan fingerprint density at radius 2 is 1.52 bits per heavy atom. The van der Waals surface area contributed by atoms with Gasteiger partial charge in [0.25, 0.3) is 0 Å². The topological polar surface area (TPSA) is 52.6 Å².